The van der Waals surface area contributed by atoms with Gasteiger partial charge in [-0.2, -0.15) is 0 Å². The van der Waals surface area contributed by atoms with Crippen molar-refractivity contribution >= 4 is 69.3 Å². The number of carbonyl (C=O) groups excluding carboxylic acids is 2. The predicted octanol–water partition coefficient (Wildman–Crippen LogP) is 7.75. The molecule has 1 atom stereocenters. The number of imidazole rings is 1. The lowest BCUT2D eigenvalue weighted by molar-refractivity contribution is -0.107. The summed E-state index contributed by atoms with van der Waals surface area (Å²) >= 11 is 3.61. The van der Waals surface area contributed by atoms with Gasteiger partial charge in [0.2, 0.25) is 0 Å². The summed E-state index contributed by atoms with van der Waals surface area (Å²) in [6.45, 7) is 14.3. The summed E-state index contributed by atoms with van der Waals surface area (Å²) in [4.78, 5) is 34.4. The Hall–Kier alpha value is -3.55. The summed E-state index contributed by atoms with van der Waals surface area (Å²) < 4.78 is 6.79. The average Bonchev–Trinajstić information content (AvgIpc) is 3.90. The Morgan fingerprint density at radius 2 is 1.83 bits per heavy atom. The number of methoxy groups -OCH3 is 1. The fourth-order valence-corrected chi connectivity index (χ4v) is 7.37. The Morgan fingerprint density at radius 3 is 2.44 bits per heavy atom. The van der Waals surface area contributed by atoms with Crippen LogP contribution in [0.15, 0.2) is 52.4 Å². The van der Waals surface area contributed by atoms with Crippen molar-refractivity contribution in [1.29, 1.82) is 0 Å². The quantitative estimate of drug-likeness (QED) is 0.0634. The number of alkyl carbamates (subject to hydrolysis) is 1. The number of nitrogens with zero attached hydrogens (tertiary/aromatic N) is 3. The third kappa shape index (κ3) is 11.9. The highest BCUT2D eigenvalue weighted by Crippen LogP contribution is 2.44. The molecule has 0 bridgehead atoms. The molecule has 1 saturated heterocycles. The molecule has 4 heterocycles. The van der Waals surface area contributed by atoms with E-state index in [4.69, 9.17) is 0 Å². The number of nitrogens with one attached hydrogen (secondary N) is 4. The van der Waals surface area contributed by atoms with Gasteiger partial charge in [0, 0.05) is 46.7 Å². The molecule has 5 rings (SSSR count). The maximum Gasteiger partial charge on any atom is 0.407 e. The van der Waals surface area contributed by atoms with E-state index in [2.05, 4.69) is 110 Å². The van der Waals surface area contributed by atoms with E-state index in [1.165, 1.54) is 52.5 Å². The van der Waals surface area contributed by atoms with Crippen molar-refractivity contribution in [3.63, 3.8) is 0 Å². The molecule has 0 spiro atoms. The van der Waals surface area contributed by atoms with Gasteiger partial charge in [-0.25, -0.2) is 9.78 Å². The molecule has 3 aromatic heterocycles. The molecule has 1 aromatic carbocycles. The number of fused-ring (bicyclic) bond motifs is 1. The number of rotatable bonds is 13. The lowest BCUT2D eigenvalue weighted by Gasteiger charge is -2.15. The predicted molar refractivity (Wildman–Crippen MR) is 206 cm³/mol. The summed E-state index contributed by atoms with van der Waals surface area (Å²) in [7, 11) is 3.39. The molecular weight excluding hydrogens is 666 g/mol. The number of carbonyl (C=O) groups is 2. The summed E-state index contributed by atoms with van der Waals surface area (Å²) in [6, 6.07) is 8.99. The molecule has 1 fully saturated rings. The van der Waals surface area contributed by atoms with Gasteiger partial charge in [0.05, 0.1) is 46.7 Å². The summed E-state index contributed by atoms with van der Waals surface area (Å²) in [5, 5.41) is 13.6. The van der Waals surface area contributed by atoms with Gasteiger partial charge >= 0.3 is 6.09 Å². The van der Waals surface area contributed by atoms with Crippen LogP contribution in [0.3, 0.4) is 0 Å². The first-order chi connectivity index (χ1) is 22.9. The molecule has 1 unspecified atom stereocenters. The number of ether oxygens (including phenoxy) is 1. The van der Waals surface area contributed by atoms with E-state index in [9.17, 15) is 9.59 Å². The highest BCUT2D eigenvalue weighted by Gasteiger charge is 2.21. The number of H-pyrrole nitrogens is 1. The lowest BCUT2D eigenvalue weighted by Crippen LogP contribution is -2.27. The molecule has 4 aromatic rings. The molecule has 13 heteroatoms. The van der Waals surface area contributed by atoms with E-state index in [-0.39, 0.29) is 19.0 Å². The smallest absolute Gasteiger partial charge is 0.407 e. The minimum absolute atomic E-state index is 0. The van der Waals surface area contributed by atoms with Gasteiger partial charge in [0.25, 0.3) is 0 Å². The molecule has 10 nitrogen and oxygen atoms in total. The molecule has 4 N–H and O–H groups in total. The van der Waals surface area contributed by atoms with Crippen LogP contribution in [0.4, 0.5) is 4.79 Å². The lowest BCUT2D eigenvalue weighted by atomic mass is 10.0. The van der Waals surface area contributed by atoms with Crippen LogP contribution >= 0.6 is 35.1 Å². The van der Waals surface area contributed by atoms with E-state index in [0.29, 0.717) is 12.3 Å². The minimum atomic E-state index is -0.586. The van der Waals surface area contributed by atoms with E-state index in [1.807, 2.05) is 12.4 Å². The molecule has 0 radical (unpaired) electrons. The first-order valence-corrected chi connectivity index (χ1v) is 17.9. The monoisotopic (exact) mass is 715 g/mol. The minimum Gasteiger partial charge on any atom is -0.453 e. The number of thiophene rings is 2. The normalized spacial score (nSPS) is 13.9. The molecule has 0 aliphatic carbocycles. The molecule has 1 aliphatic rings. The number of halogens is 1. The highest BCUT2D eigenvalue weighted by atomic mass is 35.5. The Balaban J connectivity index is 0.000000580. The van der Waals surface area contributed by atoms with Crippen LogP contribution in [-0.4, -0.2) is 80.8 Å². The second-order valence-electron chi connectivity index (χ2n) is 11.1. The molecule has 1 aliphatic heterocycles. The number of aromatic amines is 1. The third-order valence-electron chi connectivity index (χ3n) is 7.22. The van der Waals surface area contributed by atoms with Crippen molar-refractivity contribution in [2.45, 2.75) is 52.5 Å². The molecule has 0 saturated carbocycles. The standard InChI is InChI=1S/C28H34N6S2.C4H7NO3.C3H8.ClH/c1-4-13-34(3)14-12-30-15-24(29-2)20-9-7-19(8-10-20)21-17-35-27-22(18-36-26(21)27)25-16-32-28(33-25)23-6-5-11-31-23;1-8-4(7)5-2-3-6;1-3-2;/h7-10,15-18,23,30-31H,2,4-6,11-14H2,1,3H3,(H,32,33);3H,2H2,1H3,(H,5,7);3H2,1-2H3;1H/b24-15-;;;. The van der Waals surface area contributed by atoms with Crippen molar-refractivity contribution in [1.82, 2.24) is 30.8 Å². The van der Waals surface area contributed by atoms with Crippen LogP contribution < -0.4 is 16.0 Å². The van der Waals surface area contributed by atoms with Crippen LogP contribution in [0.25, 0.3) is 37.5 Å². The van der Waals surface area contributed by atoms with Gasteiger partial charge in [-0.15, -0.1) is 35.1 Å². The van der Waals surface area contributed by atoms with Crippen molar-refractivity contribution < 1.29 is 14.3 Å². The van der Waals surface area contributed by atoms with E-state index < -0.39 is 6.09 Å². The van der Waals surface area contributed by atoms with Crippen LogP contribution in [-0.2, 0) is 9.53 Å². The van der Waals surface area contributed by atoms with Gasteiger partial charge in [-0.3, -0.25) is 4.99 Å². The summed E-state index contributed by atoms with van der Waals surface area (Å²) in [5.41, 5.74) is 6.78. The van der Waals surface area contributed by atoms with Gasteiger partial charge in [0.1, 0.15) is 12.1 Å². The Labute approximate surface area is 298 Å². The van der Waals surface area contributed by atoms with E-state index in [0.717, 1.165) is 55.4 Å². The number of aliphatic imine (C=N–C) groups is 1. The number of hydrogen-bond acceptors (Lipinski definition) is 10. The van der Waals surface area contributed by atoms with Crippen molar-refractivity contribution in [2.75, 3.05) is 46.9 Å². The zero-order chi connectivity index (χ0) is 34.0. The highest BCUT2D eigenvalue weighted by molar-refractivity contribution is 7.27. The van der Waals surface area contributed by atoms with Crippen LogP contribution in [0, 0.1) is 0 Å². The Bertz CT molecular complexity index is 1560. The SMILES string of the molecule is C=N/C(=C\NCCN(C)CCC)c1ccc(-c2csc3c(-c4cnc(C5CCCN5)[nH]4)csc23)cc1.CCC.COC(=O)NCC=O.Cl. The molecular formula is C35H50ClN7O3S2. The van der Waals surface area contributed by atoms with Crippen molar-refractivity contribution in [3.8, 4) is 22.4 Å². The number of aromatic nitrogens is 2. The van der Waals surface area contributed by atoms with Gasteiger partial charge in [0.15, 0.2) is 0 Å². The zero-order valence-electron chi connectivity index (χ0n) is 28.6. The number of hydrogen-bond donors (Lipinski definition) is 4. The maximum absolute atomic E-state index is 10.1. The fraction of sp³-hybridized carbons (Fsp3) is 0.429. The fourth-order valence-electron chi connectivity index (χ4n) is 4.93. The average molecular weight is 716 g/mol. The summed E-state index contributed by atoms with van der Waals surface area (Å²) in [6.07, 6.45) is 8.73. The Kier molecular flexibility index (Phi) is 18.7. The van der Waals surface area contributed by atoms with E-state index in [1.54, 1.807) is 22.7 Å². The zero-order valence-corrected chi connectivity index (χ0v) is 31.1. The van der Waals surface area contributed by atoms with Crippen LogP contribution in [0.5, 0.6) is 0 Å². The van der Waals surface area contributed by atoms with E-state index >= 15 is 0 Å². The number of benzene rings is 1. The first-order valence-electron chi connectivity index (χ1n) is 16.1. The van der Waals surface area contributed by atoms with Gasteiger partial charge in [-0.05, 0) is 51.7 Å². The van der Waals surface area contributed by atoms with Gasteiger partial charge in [-0.1, -0.05) is 51.5 Å². The molecule has 48 heavy (non-hydrogen) atoms. The first kappa shape index (κ1) is 40.6. The second kappa shape index (κ2) is 22.2. The number of amides is 1. The number of likely N-dealkylation sites (N-methyl/N-ethyl adjacent to an activating group) is 1. The van der Waals surface area contributed by atoms with Gasteiger partial charge < -0.3 is 35.4 Å². The largest absolute Gasteiger partial charge is 0.453 e. The number of aldehydes is 1. The molecule has 1 amide bonds. The molecule has 262 valence electrons. The van der Waals surface area contributed by atoms with Crippen LogP contribution in [0.2, 0.25) is 0 Å². The van der Waals surface area contributed by atoms with Crippen LogP contribution in [0.1, 0.15) is 63.9 Å². The maximum atomic E-state index is 10.1. The Morgan fingerprint density at radius 1 is 1.15 bits per heavy atom. The third-order valence-corrected chi connectivity index (χ3v) is 9.38. The topological polar surface area (TPSA) is 124 Å². The summed E-state index contributed by atoms with van der Waals surface area (Å²) in [5.74, 6) is 1.05. The second-order valence-corrected chi connectivity index (χ2v) is 12.8. The van der Waals surface area contributed by atoms with Crippen molar-refractivity contribution in [2.24, 2.45) is 4.99 Å². The van der Waals surface area contributed by atoms with Crippen molar-refractivity contribution in [3.05, 3.63) is 58.8 Å².